The zero-order chi connectivity index (χ0) is 19.2. The highest BCUT2D eigenvalue weighted by Gasteiger charge is 2.56. The molecule has 3 rings (SSSR count). The Balaban J connectivity index is 2.24. The number of Topliss-reactive ketones (excluding diaryl/α,β-unsaturated/α-hetero) is 2. The van der Waals surface area contributed by atoms with Crippen molar-refractivity contribution < 1.29 is 19.4 Å². The third-order valence-electron chi connectivity index (χ3n) is 6.10. The molecule has 0 spiro atoms. The van der Waals surface area contributed by atoms with Crippen LogP contribution in [0, 0.1) is 11.3 Å². The van der Waals surface area contributed by atoms with Gasteiger partial charge in [0, 0.05) is 11.8 Å². The highest BCUT2D eigenvalue weighted by Crippen LogP contribution is 2.56. The van der Waals surface area contributed by atoms with E-state index in [2.05, 4.69) is 6.58 Å². The lowest BCUT2D eigenvalue weighted by atomic mass is 9.52. The summed E-state index contributed by atoms with van der Waals surface area (Å²) in [6, 6.07) is 5.14. The fraction of sp³-hybridized carbons (Fsp3) is 0.364. The summed E-state index contributed by atoms with van der Waals surface area (Å²) in [4.78, 5) is 26.3. The second-order valence-corrected chi connectivity index (χ2v) is 7.29. The molecule has 1 N–H and O–H groups in total. The van der Waals surface area contributed by atoms with Crippen LogP contribution >= 0.6 is 0 Å². The molecule has 0 amide bonds. The van der Waals surface area contributed by atoms with Gasteiger partial charge < -0.3 is 9.84 Å². The number of allylic oxidation sites excluding steroid dienone is 5. The van der Waals surface area contributed by atoms with Crippen LogP contribution in [0.5, 0.6) is 11.5 Å². The molecule has 4 nitrogen and oxygen atoms in total. The smallest absolute Gasteiger partial charge is 0.166 e. The summed E-state index contributed by atoms with van der Waals surface area (Å²) in [6.07, 6.45) is 4.25. The topological polar surface area (TPSA) is 63.6 Å². The van der Waals surface area contributed by atoms with Gasteiger partial charge in [-0.1, -0.05) is 31.7 Å². The summed E-state index contributed by atoms with van der Waals surface area (Å²) >= 11 is 0. The molecule has 136 valence electrons. The third-order valence-corrected chi connectivity index (χ3v) is 6.10. The van der Waals surface area contributed by atoms with Gasteiger partial charge in [-0.2, -0.15) is 0 Å². The van der Waals surface area contributed by atoms with Gasteiger partial charge in [0.05, 0.1) is 12.5 Å². The van der Waals surface area contributed by atoms with E-state index in [0.29, 0.717) is 23.3 Å². The van der Waals surface area contributed by atoms with Gasteiger partial charge in [0.15, 0.2) is 23.1 Å². The molecule has 0 bridgehead atoms. The predicted molar refractivity (Wildman–Crippen MR) is 100 cm³/mol. The Labute approximate surface area is 153 Å². The minimum atomic E-state index is -0.903. The van der Waals surface area contributed by atoms with E-state index in [1.807, 2.05) is 19.1 Å². The Morgan fingerprint density at radius 3 is 2.54 bits per heavy atom. The Morgan fingerprint density at radius 1 is 1.27 bits per heavy atom. The molecule has 2 aliphatic rings. The summed E-state index contributed by atoms with van der Waals surface area (Å²) in [7, 11) is 1.49. The van der Waals surface area contributed by atoms with E-state index < -0.39 is 11.3 Å². The zero-order valence-corrected chi connectivity index (χ0v) is 15.6. The van der Waals surface area contributed by atoms with Crippen LogP contribution in [0.3, 0.4) is 0 Å². The molecule has 0 fully saturated rings. The zero-order valence-electron chi connectivity index (χ0n) is 15.6. The molecule has 2 aliphatic carbocycles. The summed E-state index contributed by atoms with van der Waals surface area (Å²) in [5.74, 6) is -0.351. The highest BCUT2D eigenvalue weighted by molar-refractivity contribution is 6.15. The molecule has 0 saturated carbocycles. The number of methoxy groups -OCH3 is 1. The normalized spacial score (nSPS) is 28.5. The molecular formula is C22H24O4. The van der Waals surface area contributed by atoms with Crippen molar-refractivity contribution in [3.63, 3.8) is 0 Å². The van der Waals surface area contributed by atoms with Gasteiger partial charge in [0.1, 0.15) is 0 Å². The molecule has 3 unspecified atom stereocenters. The fourth-order valence-electron chi connectivity index (χ4n) is 4.48. The van der Waals surface area contributed by atoms with Gasteiger partial charge in [0.2, 0.25) is 0 Å². The van der Waals surface area contributed by atoms with Crippen LogP contribution in [0.15, 0.2) is 53.6 Å². The fourth-order valence-corrected chi connectivity index (χ4v) is 4.48. The molecule has 3 atom stereocenters. The molecule has 0 radical (unpaired) electrons. The van der Waals surface area contributed by atoms with Crippen molar-refractivity contribution in [2.75, 3.05) is 7.11 Å². The first-order valence-corrected chi connectivity index (χ1v) is 8.73. The van der Waals surface area contributed by atoms with Gasteiger partial charge >= 0.3 is 0 Å². The number of carbonyl (C=O) groups excluding carboxylic acids is 2. The quantitative estimate of drug-likeness (QED) is 0.889. The number of phenols is 1. The monoisotopic (exact) mass is 352 g/mol. The van der Waals surface area contributed by atoms with E-state index in [1.54, 1.807) is 32.1 Å². The average molecular weight is 352 g/mol. The number of hydrogen-bond acceptors (Lipinski definition) is 4. The van der Waals surface area contributed by atoms with Crippen molar-refractivity contribution in [1.82, 2.24) is 0 Å². The number of aromatic hydroxyl groups is 1. The maximum Gasteiger partial charge on any atom is 0.166 e. The minimum Gasteiger partial charge on any atom is -0.504 e. The maximum atomic E-state index is 13.3. The molecule has 0 saturated heterocycles. The predicted octanol–water partition coefficient (Wildman–Crippen LogP) is 4.11. The number of phenolic OH excluding ortho intramolecular Hbond substituents is 1. The number of fused-ring (bicyclic) bond motifs is 1. The molecule has 0 aliphatic heterocycles. The molecule has 0 aromatic heterocycles. The van der Waals surface area contributed by atoms with E-state index in [0.717, 1.165) is 11.1 Å². The van der Waals surface area contributed by atoms with Gasteiger partial charge in [-0.05, 0) is 54.7 Å². The summed E-state index contributed by atoms with van der Waals surface area (Å²) in [5, 5.41) is 10.2. The van der Waals surface area contributed by atoms with Crippen molar-refractivity contribution in [3.05, 3.63) is 59.2 Å². The van der Waals surface area contributed by atoms with Gasteiger partial charge in [0.25, 0.3) is 0 Å². The Kier molecular flexibility index (Phi) is 4.39. The Morgan fingerprint density at radius 2 is 1.96 bits per heavy atom. The SMILES string of the molecule is C=CC1=CCC2C(=O)C(C)=C(C)C(=O)C2(C)C1c1ccc(OC)c(O)c1. The number of hydrogen-bond donors (Lipinski definition) is 1. The van der Waals surface area contributed by atoms with Crippen LogP contribution in [0.1, 0.15) is 38.7 Å². The molecule has 26 heavy (non-hydrogen) atoms. The molecule has 1 aromatic rings. The van der Waals surface area contributed by atoms with Crippen LogP contribution in [0.4, 0.5) is 0 Å². The third kappa shape index (κ3) is 2.36. The first kappa shape index (κ1) is 18.2. The number of ether oxygens (including phenoxy) is 1. The van der Waals surface area contributed by atoms with E-state index in [4.69, 9.17) is 4.74 Å². The number of benzene rings is 1. The first-order chi connectivity index (χ1) is 12.3. The second-order valence-electron chi connectivity index (χ2n) is 7.29. The van der Waals surface area contributed by atoms with Crippen LogP contribution < -0.4 is 4.74 Å². The maximum absolute atomic E-state index is 13.3. The van der Waals surface area contributed by atoms with Crippen molar-refractivity contribution in [3.8, 4) is 11.5 Å². The summed E-state index contributed by atoms with van der Waals surface area (Å²) in [6.45, 7) is 9.23. The largest absolute Gasteiger partial charge is 0.504 e. The Bertz CT molecular complexity index is 874. The van der Waals surface area contributed by atoms with E-state index in [-0.39, 0.29) is 23.2 Å². The van der Waals surface area contributed by atoms with Crippen LogP contribution in [-0.4, -0.2) is 23.8 Å². The number of ketones is 2. The molecule has 0 heterocycles. The lowest BCUT2D eigenvalue weighted by molar-refractivity contribution is -0.138. The standard InChI is InChI=1S/C22H24O4/c1-6-14-7-9-16-20(24)12(2)13(3)21(25)22(16,4)19(14)15-8-10-18(26-5)17(23)11-15/h6-8,10-11,16,19,23H,1,9H2,2-5H3. The highest BCUT2D eigenvalue weighted by atomic mass is 16.5. The second kappa shape index (κ2) is 6.27. The average Bonchev–Trinajstić information content (AvgIpc) is 2.64. The van der Waals surface area contributed by atoms with Crippen LogP contribution in [0.25, 0.3) is 0 Å². The van der Waals surface area contributed by atoms with Crippen molar-refractivity contribution in [1.29, 1.82) is 0 Å². The first-order valence-electron chi connectivity index (χ1n) is 8.73. The van der Waals surface area contributed by atoms with E-state index in [9.17, 15) is 14.7 Å². The molecule has 4 heteroatoms. The van der Waals surface area contributed by atoms with Crippen molar-refractivity contribution >= 4 is 11.6 Å². The van der Waals surface area contributed by atoms with Crippen molar-refractivity contribution in [2.24, 2.45) is 11.3 Å². The van der Waals surface area contributed by atoms with Gasteiger partial charge in [-0.15, -0.1) is 0 Å². The lowest BCUT2D eigenvalue weighted by Crippen LogP contribution is -2.50. The lowest BCUT2D eigenvalue weighted by Gasteiger charge is -2.48. The number of carbonyl (C=O) groups is 2. The van der Waals surface area contributed by atoms with Gasteiger partial charge in [-0.3, -0.25) is 9.59 Å². The number of rotatable bonds is 3. The van der Waals surface area contributed by atoms with Crippen LogP contribution in [-0.2, 0) is 9.59 Å². The van der Waals surface area contributed by atoms with Crippen LogP contribution in [0.2, 0.25) is 0 Å². The summed E-state index contributed by atoms with van der Waals surface area (Å²) < 4.78 is 5.13. The Hall–Kier alpha value is -2.62. The molecule has 1 aromatic carbocycles. The van der Waals surface area contributed by atoms with E-state index in [1.165, 1.54) is 7.11 Å². The minimum absolute atomic E-state index is 0.00708. The van der Waals surface area contributed by atoms with Gasteiger partial charge in [-0.25, -0.2) is 0 Å². The molecular weight excluding hydrogens is 328 g/mol. The van der Waals surface area contributed by atoms with Crippen molar-refractivity contribution in [2.45, 2.75) is 33.1 Å². The summed E-state index contributed by atoms with van der Waals surface area (Å²) in [5.41, 5.74) is 1.86. The van der Waals surface area contributed by atoms with E-state index >= 15 is 0 Å².